The monoisotopic (exact) mass is 345 g/mol. The molecule has 1 aromatic heterocycles. The van der Waals surface area contributed by atoms with Crippen molar-refractivity contribution in [2.45, 2.75) is 6.04 Å². The first-order chi connectivity index (χ1) is 12.0. The molecule has 0 bridgehead atoms. The number of carbonyl (C=O) groups excluding carboxylic acids is 2. The maximum atomic E-state index is 14.0. The van der Waals surface area contributed by atoms with Crippen molar-refractivity contribution < 1.29 is 23.1 Å². The second kappa shape index (κ2) is 6.68. The largest absolute Gasteiger partial charge is 0.467 e. The lowest BCUT2D eigenvalue weighted by molar-refractivity contribution is -0.143. The first-order valence-electron chi connectivity index (χ1n) is 7.27. The number of para-hydroxylation sites is 1. The highest BCUT2D eigenvalue weighted by Crippen LogP contribution is 2.22. The van der Waals surface area contributed by atoms with Crippen LogP contribution in [0.1, 0.15) is 22.0 Å². The fraction of sp³-hybridized carbons (Fsp3) is 0.118. The number of aromatic amines is 1. The van der Waals surface area contributed by atoms with Gasteiger partial charge in [0.05, 0.1) is 24.4 Å². The Morgan fingerprint density at radius 2 is 2.04 bits per heavy atom. The second-order valence-electron chi connectivity index (χ2n) is 5.24. The van der Waals surface area contributed by atoms with Crippen LogP contribution in [0.2, 0.25) is 0 Å². The number of aromatic nitrogens is 2. The van der Waals surface area contributed by atoms with Crippen molar-refractivity contribution in [3.05, 3.63) is 65.4 Å². The van der Waals surface area contributed by atoms with Gasteiger partial charge in [0.25, 0.3) is 5.91 Å². The Bertz CT molecular complexity index is 955. The topological polar surface area (TPSA) is 84.1 Å². The van der Waals surface area contributed by atoms with Crippen LogP contribution in [-0.2, 0) is 9.53 Å². The Kier molecular flexibility index (Phi) is 4.42. The van der Waals surface area contributed by atoms with Gasteiger partial charge in [-0.15, -0.1) is 0 Å². The molecule has 0 aliphatic heterocycles. The van der Waals surface area contributed by atoms with E-state index >= 15 is 0 Å². The van der Waals surface area contributed by atoms with E-state index in [4.69, 9.17) is 0 Å². The number of methoxy groups -OCH3 is 1. The van der Waals surface area contributed by atoms with Crippen molar-refractivity contribution in [1.82, 2.24) is 15.5 Å². The molecule has 0 fully saturated rings. The molecule has 0 saturated carbocycles. The van der Waals surface area contributed by atoms with Crippen LogP contribution in [0.3, 0.4) is 0 Å². The van der Waals surface area contributed by atoms with E-state index in [1.165, 1.54) is 6.07 Å². The molecule has 2 N–H and O–H groups in total. The number of halogens is 2. The highest BCUT2D eigenvalue weighted by atomic mass is 19.1. The normalized spacial score (nSPS) is 12.0. The molecule has 0 unspecified atom stereocenters. The number of hydrogen-bond acceptors (Lipinski definition) is 4. The van der Waals surface area contributed by atoms with Gasteiger partial charge in [-0.05, 0) is 12.1 Å². The fourth-order valence-electron chi connectivity index (χ4n) is 2.48. The van der Waals surface area contributed by atoms with E-state index in [1.54, 1.807) is 18.3 Å². The summed E-state index contributed by atoms with van der Waals surface area (Å²) < 4.78 is 31.8. The van der Waals surface area contributed by atoms with Gasteiger partial charge in [-0.2, -0.15) is 5.10 Å². The van der Waals surface area contributed by atoms with E-state index in [0.717, 1.165) is 19.2 Å². The summed E-state index contributed by atoms with van der Waals surface area (Å²) in [5, 5.41) is 9.67. The van der Waals surface area contributed by atoms with Crippen LogP contribution in [0, 0.1) is 11.6 Å². The number of hydrogen-bond donors (Lipinski definition) is 2. The van der Waals surface area contributed by atoms with Crippen molar-refractivity contribution in [3.63, 3.8) is 0 Å². The molecule has 2 aromatic carbocycles. The fourth-order valence-corrected chi connectivity index (χ4v) is 2.48. The number of ether oxygens (including phenoxy) is 1. The van der Waals surface area contributed by atoms with Crippen LogP contribution in [0.5, 0.6) is 0 Å². The molecule has 0 spiro atoms. The Balaban J connectivity index is 1.97. The third-order valence-corrected chi connectivity index (χ3v) is 3.71. The molecule has 1 amide bonds. The minimum atomic E-state index is -1.42. The van der Waals surface area contributed by atoms with E-state index in [0.29, 0.717) is 17.0 Å². The van der Waals surface area contributed by atoms with Gasteiger partial charge in [0.15, 0.2) is 6.04 Å². The summed E-state index contributed by atoms with van der Waals surface area (Å²) in [5.74, 6) is -3.27. The maximum Gasteiger partial charge on any atom is 0.333 e. The number of benzene rings is 2. The lowest BCUT2D eigenvalue weighted by Crippen LogP contribution is -2.35. The molecule has 25 heavy (non-hydrogen) atoms. The highest BCUT2D eigenvalue weighted by Gasteiger charge is 2.27. The number of nitrogens with zero attached hydrogens (tertiary/aromatic N) is 1. The van der Waals surface area contributed by atoms with Gasteiger partial charge in [-0.3, -0.25) is 9.89 Å². The van der Waals surface area contributed by atoms with Gasteiger partial charge < -0.3 is 10.1 Å². The van der Waals surface area contributed by atoms with Crippen molar-refractivity contribution in [1.29, 1.82) is 0 Å². The summed E-state index contributed by atoms with van der Waals surface area (Å²) in [6.45, 7) is 0. The van der Waals surface area contributed by atoms with Crippen LogP contribution in [0.25, 0.3) is 10.9 Å². The molecular formula is C17H13F2N3O3. The SMILES string of the molecule is COC(=O)[C@@H](NC(=O)c1cccc2cn[nH]c12)c1ccc(F)cc1F. The number of nitrogens with one attached hydrogen (secondary N) is 2. The molecule has 0 radical (unpaired) electrons. The van der Waals surface area contributed by atoms with Gasteiger partial charge in [0.1, 0.15) is 11.6 Å². The molecule has 1 atom stereocenters. The van der Waals surface area contributed by atoms with Crippen molar-refractivity contribution in [3.8, 4) is 0 Å². The van der Waals surface area contributed by atoms with Gasteiger partial charge in [0.2, 0.25) is 0 Å². The van der Waals surface area contributed by atoms with Gasteiger partial charge in [-0.25, -0.2) is 13.6 Å². The van der Waals surface area contributed by atoms with Crippen LogP contribution in [0.15, 0.2) is 42.6 Å². The lowest BCUT2D eigenvalue weighted by atomic mass is 10.0. The molecule has 0 aliphatic carbocycles. The summed E-state index contributed by atoms with van der Waals surface area (Å²) in [5.41, 5.74) is 0.507. The molecule has 1 heterocycles. The van der Waals surface area contributed by atoms with E-state index in [1.807, 2.05) is 0 Å². The molecule has 0 aliphatic rings. The summed E-state index contributed by atoms with van der Waals surface area (Å²) in [6.07, 6.45) is 1.55. The average Bonchev–Trinajstić information content (AvgIpc) is 3.08. The summed E-state index contributed by atoms with van der Waals surface area (Å²) >= 11 is 0. The zero-order chi connectivity index (χ0) is 18.0. The smallest absolute Gasteiger partial charge is 0.333 e. The van der Waals surface area contributed by atoms with E-state index < -0.39 is 29.6 Å². The predicted octanol–water partition coefficient (Wildman–Crippen LogP) is 2.49. The number of H-pyrrole nitrogens is 1. The molecule has 8 heteroatoms. The molecule has 3 aromatic rings. The number of esters is 1. The molecule has 0 saturated heterocycles. The van der Waals surface area contributed by atoms with Crippen molar-refractivity contribution in [2.24, 2.45) is 0 Å². The number of fused-ring (bicyclic) bond motifs is 1. The zero-order valence-electron chi connectivity index (χ0n) is 13.0. The van der Waals surface area contributed by atoms with Crippen LogP contribution in [0.4, 0.5) is 8.78 Å². The average molecular weight is 345 g/mol. The number of carbonyl (C=O) groups is 2. The Hall–Kier alpha value is -3.29. The minimum Gasteiger partial charge on any atom is -0.467 e. The van der Waals surface area contributed by atoms with E-state index in [9.17, 15) is 18.4 Å². The van der Waals surface area contributed by atoms with E-state index in [-0.39, 0.29) is 11.1 Å². The lowest BCUT2D eigenvalue weighted by Gasteiger charge is -2.17. The highest BCUT2D eigenvalue weighted by molar-refractivity contribution is 6.06. The maximum absolute atomic E-state index is 14.0. The molecular weight excluding hydrogens is 332 g/mol. The van der Waals surface area contributed by atoms with Gasteiger partial charge in [0, 0.05) is 17.0 Å². The van der Waals surface area contributed by atoms with Crippen molar-refractivity contribution >= 4 is 22.8 Å². The summed E-state index contributed by atoms with van der Waals surface area (Å²) in [4.78, 5) is 24.6. The first kappa shape index (κ1) is 16.6. The Morgan fingerprint density at radius 1 is 1.24 bits per heavy atom. The van der Waals surface area contributed by atoms with Gasteiger partial charge >= 0.3 is 5.97 Å². The van der Waals surface area contributed by atoms with E-state index in [2.05, 4.69) is 20.3 Å². The summed E-state index contributed by atoms with van der Waals surface area (Å²) in [6, 6.07) is 6.24. The Morgan fingerprint density at radius 3 is 2.76 bits per heavy atom. The minimum absolute atomic E-state index is 0.196. The van der Waals surface area contributed by atoms with Crippen molar-refractivity contribution in [2.75, 3.05) is 7.11 Å². The number of amides is 1. The van der Waals surface area contributed by atoms with Gasteiger partial charge in [-0.1, -0.05) is 18.2 Å². The van der Waals surface area contributed by atoms with Crippen LogP contribution in [-0.4, -0.2) is 29.2 Å². The second-order valence-corrected chi connectivity index (χ2v) is 5.24. The third kappa shape index (κ3) is 3.18. The molecule has 3 rings (SSSR count). The van der Waals surface area contributed by atoms with Crippen LogP contribution >= 0.6 is 0 Å². The molecule has 128 valence electrons. The summed E-state index contributed by atoms with van der Waals surface area (Å²) in [7, 11) is 1.11. The third-order valence-electron chi connectivity index (χ3n) is 3.71. The Labute approximate surface area is 140 Å². The van der Waals surface area contributed by atoms with Crippen LogP contribution < -0.4 is 5.32 Å². The molecule has 6 nitrogen and oxygen atoms in total. The number of rotatable bonds is 4. The first-order valence-corrected chi connectivity index (χ1v) is 7.27. The quantitative estimate of drug-likeness (QED) is 0.712. The zero-order valence-corrected chi connectivity index (χ0v) is 13.0. The standard InChI is InChI=1S/C17H13F2N3O3/c1-25-17(24)15(11-6-5-10(18)7-13(11)19)21-16(23)12-4-2-3-9-8-20-22-14(9)12/h2-8,15H,1H3,(H,20,22)(H,21,23)/t15-/m0/s1. The predicted molar refractivity (Wildman–Crippen MR) is 84.7 cm³/mol.